The lowest BCUT2D eigenvalue weighted by Gasteiger charge is -2.21. The van der Waals surface area contributed by atoms with Crippen molar-refractivity contribution in [2.75, 3.05) is 30.4 Å². The number of amides is 2. The summed E-state index contributed by atoms with van der Waals surface area (Å²) in [7, 11) is 1.91. The van der Waals surface area contributed by atoms with Crippen molar-refractivity contribution in [2.45, 2.75) is 13.5 Å². The van der Waals surface area contributed by atoms with Gasteiger partial charge in [-0.25, -0.2) is 0 Å². The number of rotatable bonds is 8. The molecule has 1 N–H and O–H groups in total. The lowest BCUT2D eigenvalue weighted by Crippen LogP contribution is -2.31. The Morgan fingerprint density at radius 3 is 2.20 bits per heavy atom. The van der Waals surface area contributed by atoms with E-state index in [9.17, 15) is 9.59 Å². The second-order valence-corrected chi connectivity index (χ2v) is 7.17. The number of benzene rings is 3. The molecule has 0 aliphatic heterocycles. The van der Waals surface area contributed by atoms with Crippen molar-refractivity contribution in [3.05, 3.63) is 96.1 Å². The van der Waals surface area contributed by atoms with Crippen LogP contribution in [0.3, 0.4) is 0 Å². The molecule has 5 nitrogen and oxygen atoms in total. The van der Waals surface area contributed by atoms with E-state index in [0.29, 0.717) is 24.3 Å². The van der Waals surface area contributed by atoms with Crippen molar-refractivity contribution in [1.82, 2.24) is 4.90 Å². The highest BCUT2D eigenvalue weighted by atomic mass is 16.2. The van der Waals surface area contributed by atoms with Crippen LogP contribution in [0.15, 0.2) is 84.9 Å². The van der Waals surface area contributed by atoms with Crippen LogP contribution in [0.1, 0.15) is 22.8 Å². The number of carbonyl (C=O) groups is 2. The lowest BCUT2D eigenvalue weighted by molar-refractivity contribution is -0.117. The molecule has 0 aromatic heterocycles. The number of para-hydroxylation sites is 1. The summed E-state index contributed by atoms with van der Waals surface area (Å²) >= 11 is 0. The molecule has 30 heavy (non-hydrogen) atoms. The van der Waals surface area contributed by atoms with E-state index in [-0.39, 0.29) is 18.4 Å². The molecule has 3 aromatic rings. The van der Waals surface area contributed by atoms with E-state index in [0.717, 1.165) is 11.3 Å². The van der Waals surface area contributed by atoms with E-state index in [1.54, 1.807) is 29.2 Å². The van der Waals surface area contributed by atoms with Crippen LogP contribution in [0.5, 0.6) is 0 Å². The molecule has 0 heterocycles. The summed E-state index contributed by atoms with van der Waals surface area (Å²) in [6.07, 6.45) is 0. The van der Waals surface area contributed by atoms with Gasteiger partial charge in [0.1, 0.15) is 0 Å². The van der Waals surface area contributed by atoms with E-state index in [4.69, 9.17) is 0 Å². The Balaban J connectivity index is 1.63. The van der Waals surface area contributed by atoms with Gasteiger partial charge in [0.05, 0.1) is 6.54 Å². The van der Waals surface area contributed by atoms with E-state index >= 15 is 0 Å². The molecule has 2 amide bonds. The van der Waals surface area contributed by atoms with Crippen molar-refractivity contribution in [3.8, 4) is 0 Å². The second kappa shape index (κ2) is 10.4. The zero-order valence-corrected chi connectivity index (χ0v) is 17.4. The summed E-state index contributed by atoms with van der Waals surface area (Å²) in [6.45, 7) is 3.45. The number of nitrogens with zero attached hydrogens (tertiary/aromatic N) is 2. The molecule has 154 valence electrons. The van der Waals surface area contributed by atoms with Gasteiger partial charge in [-0.2, -0.15) is 0 Å². The Kier molecular flexibility index (Phi) is 7.35. The lowest BCUT2D eigenvalue weighted by atomic mass is 10.1. The van der Waals surface area contributed by atoms with Crippen LogP contribution in [-0.4, -0.2) is 36.9 Å². The van der Waals surface area contributed by atoms with Gasteiger partial charge in [0.25, 0.3) is 5.91 Å². The van der Waals surface area contributed by atoms with Crippen molar-refractivity contribution in [2.24, 2.45) is 0 Å². The van der Waals surface area contributed by atoms with Gasteiger partial charge >= 0.3 is 0 Å². The third kappa shape index (κ3) is 5.78. The highest BCUT2D eigenvalue weighted by Crippen LogP contribution is 2.19. The van der Waals surface area contributed by atoms with Gasteiger partial charge in [-0.15, -0.1) is 0 Å². The Labute approximate surface area is 177 Å². The average molecular weight is 402 g/mol. The van der Waals surface area contributed by atoms with Gasteiger partial charge in [-0.05, 0) is 49.9 Å². The highest BCUT2D eigenvalue weighted by molar-refractivity contribution is 6.07. The fraction of sp³-hybridized carbons (Fsp3) is 0.200. The smallest absolute Gasteiger partial charge is 0.258 e. The predicted molar refractivity (Wildman–Crippen MR) is 122 cm³/mol. The Hall–Kier alpha value is -3.44. The summed E-state index contributed by atoms with van der Waals surface area (Å²) in [5.74, 6) is -0.213. The van der Waals surface area contributed by atoms with E-state index < -0.39 is 0 Å². The van der Waals surface area contributed by atoms with Crippen LogP contribution in [0.25, 0.3) is 0 Å². The quantitative estimate of drug-likeness (QED) is 0.608. The number of likely N-dealkylation sites (N-methyl/N-ethyl adjacent to an activating group) is 1. The fourth-order valence-corrected chi connectivity index (χ4v) is 3.33. The first-order valence-electron chi connectivity index (χ1n) is 10.1. The molecule has 0 aliphatic carbocycles. The maximum atomic E-state index is 13.0. The third-order valence-electron chi connectivity index (χ3n) is 4.73. The maximum absolute atomic E-state index is 13.0. The SMILES string of the molecule is CCN(C(=O)c1cccc(NC(=O)CN(C)Cc2ccccc2)c1)c1ccccc1. The molecule has 0 bridgehead atoms. The minimum atomic E-state index is -0.117. The van der Waals surface area contributed by atoms with Crippen LogP contribution in [0.4, 0.5) is 11.4 Å². The van der Waals surface area contributed by atoms with Crippen LogP contribution in [-0.2, 0) is 11.3 Å². The summed E-state index contributed by atoms with van der Waals surface area (Å²) < 4.78 is 0. The largest absolute Gasteiger partial charge is 0.325 e. The molecule has 0 unspecified atom stereocenters. The molecule has 0 radical (unpaired) electrons. The van der Waals surface area contributed by atoms with Gasteiger partial charge in [0.2, 0.25) is 5.91 Å². The summed E-state index contributed by atoms with van der Waals surface area (Å²) in [5, 5.41) is 2.90. The molecule has 0 saturated heterocycles. The van der Waals surface area contributed by atoms with Gasteiger partial charge in [0, 0.05) is 30.0 Å². The number of hydrogen-bond acceptors (Lipinski definition) is 3. The van der Waals surface area contributed by atoms with E-state index in [1.165, 1.54) is 0 Å². The van der Waals surface area contributed by atoms with Gasteiger partial charge in [0.15, 0.2) is 0 Å². The Bertz CT molecular complexity index is 974. The Morgan fingerprint density at radius 2 is 1.53 bits per heavy atom. The monoisotopic (exact) mass is 401 g/mol. The van der Waals surface area contributed by atoms with Crippen LogP contribution in [0, 0.1) is 0 Å². The summed E-state index contributed by atoms with van der Waals surface area (Å²) in [4.78, 5) is 29.1. The molecule has 0 spiro atoms. The normalized spacial score (nSPS) is 10.6. The standard InChI is InChI=1S/C25H27N3O2/c1-3-28(23-15-8-5-9-16-23)25(30)21-13-10-14-22(17-21)26-24(29)19-27(2)18-20-11-6-4-7-12-20/h4-17H,3,18-19H2,1-2H3,(H,26,29). The van der Waals surface area contributed by atoms with Crippen LogP contribution in [0.2, 0.25) is 0 Å². The first kappa shape index (κ1) is 21.3. The summed E-state index contributed by atoms with van der Waals surface area (Å²) in [5.41, 5.74) is 3.15. The fourth-order valence-electron chi connectivity index (χ4n) is 3.33. The second-order valence-electron chi connectivity index (χ2n) is 7.17. The number of carbonyl (C=O) groups excluding carboxylic acids is 2. The Morgan fingerprint density at radius 1 is 0.867 bits per heavy atom. The van der Waals surface area contributed by atoms with Crippen molar-refractivity contribution in [3.63, 3.8) is 0 Å². The van der Waals surface area contributed by atoms with Gasteiger partial charge < -0.3 is 10.2 Å². The first-order valence-corrected chi connectivity index (χ1v) is 10.1. The third-order valence-corrected chi connectivity index (χ3v) is 4.73. The van der Waals surface area contributed by atoms with E-state index in [2.05, 4.69) is 5.32 Å². The van der Waals surface area contributed by atoms with Crippen molar-refractivity contribution in [1.29, 1.82) is 0 Å². The van der Waals surface area contributed by atoms with Crippen LogP contribution >= 0.6 is 0 Å². The number of anilines is 2. The highest BCUT2D eigenvalue weighted by Gasteiger charge is 2.16. The van der Waals surface area contributed by atoms with E-state index in [1.807, 2.05) is 79.5 Å². The molecule has 5 heteroatoms. The number of hydrogen-bond donors (Lipinski definition) is 1. The molecule has 0 atom stereocenters. The molecule has 3 rings (SSSR count). The first-order chi connectivity index (χ1) is 14.6. The predicted octanol–water partition coefficient (Wildman–Crippen LogP) is 4.42. The molecule has 3 aromatic carbocycles. The van der Waals surface area contributed by atoms with Gasteiger partial charge in [-0.3, -0.25) is 14.5 Å². The molecule has 0 saturated carbocycles. The minimum absolute atomic E-state index is 0.0963. The maximum Gasteiger partial charge on any atom is 0.258 e. The van der Waals surface area contributed by atoms with Crippen molar-refractivity contribution >= 4 is 23.2 Å². The zero-order chi connectivity index (χ0) is 21.3. The molecular weight excluding hydrogens is 374 g/mol. The molecule has 0 fully saturated rings. The minimum Gasteiger partial charge on any atom is -0.325 e. The zero-order valence-electron chi connectivity index (χ0n) is 17.4. The van der Waals surface area contributed by atoms with Crippen molar-refractivity contribution < 1.29 is 9.59 Å². The molecular formula is C25H27N3O2. The molecule has 0 aliphatic rings. The van der Waals surface area contributed by atoms with Gasteiger partial charge in [-0.1, -0.05) is 54.6 Å². The summed E-state index contributed by atoms with van der Waals surface area (Å²) in [6, 6.07) is 26.7. The van der Waals surface area contributed by atoms with Crippen LogP contribution < -0.4 is 10.2 Å². The topological polar surface area (TPSA) is 52.7 Å². The average Bonchev–Trinajstić information content (AvgIpc) is 2.75. The number of nitrogens with one attached hydrogen (secondary N) is 1.